The number of hydrogen-bond donors (Lipinski definition) is 0. The Morgan fingerprint density at radius 3 is 2.96 bits per heavy atom. The highest BCUT2D eigenvalue weighted by Crippen LogP contribution is 2.28. The molecule has 8 nitrogen and oxygen atoms in total. The Hall–Kier alpha value is -3.13. The van der Waals surface area contributed by atoms with Crippen LogP contribution in [0.2, 0.25) is 0 Å². The quantitative estimate of drug-likeness (QED) is 0.683. The highest BCUT2D eigenvalue weighted by atomic mass is 16.5. The molecule has 3 aromatic rings. The summed E-state index contributed by atoms with van der Waals surface area (Å²) >= 11 is 0. The van der Waals surface area contributed by atoms with E-state index in [1.165, 1.54) is 0 Å². The maximum absolute atomic E-state index is 12.8. The fourth-order valence-electron chi connectivity index (χ4n) is 3.37. The SMILES string of the molecule is Cn1nnc2c1[C@@H](COCc1ccccn1)CN(C(=O)c1cccnc1)C2. The van der Waals surface area contributed by atoms with Crippen molar-refractivity contribution in [1.29, 1.82) is 0 Å². The predicted octanol–water partition coefficient (Wildman–Crippen LogP) is 1.56. The largest absolute Gasteiger partial charge is 0.374 e. The molecule has 4 rings (SSSR count). The van der Waals surface area contributed by atoms with Gasteiger partial charge in [-0.25, -0.2) is 0 Å². The minimum absolute atomic E-state index is 0.00177. The second-order valence-electron chi connectivity index (χ2n) is 6.51. The first-order chi connectivity index (χ1) is 13.2. The van der Waals surface area contributed by atoms with Crippen molar-refractivity contribution in [2.75, 3.05) is 13.2 Å². The van der Waals surface area contributed by atoms with Gasteiger partial charge in [-0.15, -0.1) is 5.10 Å². The van der Waals surface area contributed by atoms with Crippen molar-refractivity contribution in [3.63, 3.8) is 0 Å². The summed E-state index contributed by atoms with van der Waals surface area (Å²) in [7, 11) is 1.87. The third-order valence-corrected chi connectivity index (χ3v) is 4.60. The Bertz CT molecular complexity index is 912. The van der Waals surface area contributed by atoms with Crippen LogP contribution in [0.4, 0.5) is 0 Å². The van der Waals surface area contributed by atoms with Crippen LogP contribution in [-0.4, -0.2) is 48.9 Å². The molecule has 0 spiro atoms. The smallest absolute Gasteiger partial charge is 0.255 e. The first-order valence-electron chi connectivity index (χ1n) is 8.78. The van der Waals surface area contributed by atoms with E-state index >= 15 is 0 Å². The molecule has 0 aliphatic carbocycles. The van der Waals surface area contributed by atoms with Gasteiger partial charge in [0.25, 0.3) is 5.91 Å². The maximum Gasteiger partial charge on any atom is 0.255 e. The van der Waals surface area contributed by atoms with Gasteiger partial charge in [-0.1, -0.05) is 11.3 Å². The molecule has 1 atom stereocenters. The summed E-state index contributed by atoms with van der Waals surface area (Å²) in [6.45, 7) is 1.87. The maximum atomic E-state index is 12.8. The molecule has 3 aromatic heterocycles. The highest BCUT2D eigenvalue weighted by molar-refractivity contribution is 5.94. The van der Waals surface area contributed by atoms with Gasteiger partial charge in [0, 0.05) is 38.1 Å². The summed E-state index contributed by atoms with van der Waals surface area (Å²) in [6, 6.07) is 9.27. The van der Waals surface area contributed by atoms with Crippen molar-refractivity contribution in [3.8, 4) is 0 Å². The van der Waals surface area contributed by atoms with Crippen LogP contribution in [0, 0.1) is 0 Å². The summed E-state index contributed by atoms with van der Waals surface area (Å²) in [5.74, 6) is -0.0628. The van der Waals surface area contributed by atoms with E-state index in [9.17, 15) is 4.79 Å². The number of ether oxygens (including phenoxy) is 1. The zero-order valence-electron chi connectivity index (χ0n) is 15.0. The van der Waals surface area contributed by atoms with E-state index in [1.807, 2.05) is 25.2 Å². The van der Waals surface area contributed by atoms with Gasteiger partial charge in [-0.3, -0.25) is 19.4 Å². The average Bonchev–Trinajstić information content (AvgIpc) is 3.10. The fourth-order valence-corrected chi connectivity index (χ4v) is 3.37. The molecule has 0 saturated carbocycles. The lowest BCUT2D eigenvalue weighted by atomic mass is 9.98. The van der Waals surface area contributed by atoms with Crippen molar-refractivity contribution in [1.82, 2.24) is 29.9 Å². The molecular weight excluding hydrogens is 344 g/mol. The predicted molar refractivity (Wildman–Crippen MR) is 96.6 cm³/mol. The van der Waals surface area contributed by atoms with Gasteiger partial charge in [0.2, 0.25) is 0 Å². The molecule has 8 heteroatoms. The molecular formula is C19H20N6O2. The Morgan fingerprint density at radius 1 is 1.26 bits per heavy atom. The van der Waals surface area contributed by atoms with Gasteiger partial charge < -0.3 is 9.64 Å². The monoisotopic (exact) mass is 364 g/mol. The molecule has 1 aliphatic heterocycles. The van der Waals surface area contributed by atoms with E-state index in [1.54, 1.807) is 40.3 Å². The molecule has 1 amide bonds. The van der Waals surface area contributed by atoms with Crippen LogP contribution in [0.1, 0.15) is 33.4 Å². The molecule has 0 unspecified atom stereocenters. The molecule has 138 valence electrons. The van der Waals surface area contributed by atoms with Crippen LogP contribution >= 0.6 is 0 Å². The minimum Gasteiger partial charge on any atom is -0.374 e. The highest BCUT2D eigenvalue weighted by Gasteiger charge is 2.32. The summed E-state index contributed by atoms with van der Waals surface area (Å²) in [6.07, 6.45) is 4.99. The van der Waals surface area contributed by atoms with E-state index in [2.05, 4.69) is 20.3 Å². The average molecular weight is 364 g/mol. The van der Waals surface area contributed by atoms with Crippen LogP contribution < -0.4 is 0 Å². The number of fused-ring (bicyclic) bond motifs is 1. The van der Waals surface area contributed by atoms with Crippen molar-refractivity contribution >= 4 is 5.91 Å². The summed E-state index contributed by atoms with van der Waals surface area (Å²) in [5, 5.41) is 8.36. The van der Waals surface area contributed by atoms with Gasteiger partial charge >= 0.3 is 0 Å². The Labute approximate surface area is 156 Å². The van der Waals surface area contributed by atoms with Crippen LogP contribution in [0.5, 0.6) is 0 Å². The number of carbonyl (C=O) groups is 1. The van der Waals surface area contributed by atoms with Gasteiger partial charge in [-0.2, -0.15) is 0 Å². The standard InChI is InChI=1S/C19H20N6O2/c1-24-18-15(12-27-13-16-6-2-3-8-21-16)10-25(11-17(18)22-23-24)19(26)14-5-4-7-20-9-14/h2-9,15H,10-13H2,1H3/t15-/m1/s1. The first-order valence-corrected chi connectivity index (χ1v) is 8.78. The lowest BCUT2D eigenvalue weighted by Crippen LogP contribution is -2.40. The molecule has 0 fully saturated rings. The van der Waals surface area contributed by atoms with E-state index in [0.29, 0.717) is 31.9 Å². The van der Waals surface area contributed by atoms with Gasteiger partial charge in [0.1, 0.15) is 5.69 Å². The number of pyridine rings is 2. The fraction of sp³-hybridized carbons (Fsp3) is 0.316. The van der Waals surface area contributed by atoms with Gasteiger partial charge in [0.05, 0.1) is 36.7 Å². The number of nitrogens with zero attached hydrogens (tertiary/aromatic N) is 6. The van der Waals surface area contributed by atoms with Crippen molar-refractivity contribution in [2.45, 2.75) is 19.1 Å². The number of carbonyl (C=O) groups excluding carboxylic acids is 1. The zero-order chi connectivity index (χ0) is 18.6. The molecule has 0 bridgehead atoms. The lowest BCUT2D eigenvalue weighted by Gasteiger charge is -2.32. The third-order valence-electron chi connectivity index (χ3n) is 4.60. The Morgan fingerprint density at radius 2 is 2.19 bits per heavy atom. The lowest BCUT2D eigenvalue weighted by molar-refractivity contribution is 0.0602. The van der Waals surface area contributed by atoms with Crippen molar-refractivity contribution in [2.24, 2.45) is 7.05 Å². The van der Waals surface area contributed by atoms with Crippen molar-refractivity contribution < 1.29 is 9.53 Å². The number of rotatable bonds is 5. The molecule has 27 heavy (non-hydrogen) atoms. The number of aryl methyl sites for hydroxylation is 1. The van der Waals surface area contributed by atoms with E-state index in [0.717, 1.165) is 17.1 Å². The van der Waals surface area contributed by atoms with Crippen LogP contribution in [0.3, 0.4) is 0 Å². The van der Waals surface area contributed by atoms with E-state index in [-0.39, 0.29) is 11.8 Å². The Balaban J connectivity index is 1.49. The summed E-state index contributed by atoms with van der Waals surface area (Å²) in [4.78, 5) is 22.9. The molecule has 0 aromatic carbocycles. The third kappa shape index (κ3) is 3.70. The summed E-state index contributed by atoms with van der Waals surface area (Å²) in [5.41, 5.74) is 3.27. The molecule has 0 radical (unpaired) electrons. The van der Waals surface area contributed by atoms with Crippen LogP contribution in [0.15, 0.2) is 48.9 Å². The van der Waals surface area contributed by atoms with Crippen molar-refractivity contribution in [3.05, 3.63) is 71.6 Å². The molecule has 0 N–H and O–H groups in total. The van der Waals surface area contributed by atoms with E-state index < -0.39 is 0 Å². The molecule has 0 saturated heterocycles. The molecule has 4 heterocycles. The first kappa shape index (κ1) is 17.3. The number of hydrogen-bond acceptors (Lipinski definition) is 6. The topological polar surface area (TPSA) is 86.0 Å². The summed E-state index contributed by atoms with van der Waals surface area (Å²) < 4.78 is 7.67. The number of aromatic nitrogens is 5. The van der Waals surface area contributed by atoms with Crippen LogP contribution in [0.25, 0.3) is 0 Å². The van der Waals surface area contributed by atoms with E-state index in [4.69, 9.17) is 4.74 Å². The van der Waals surface area contributed by atoms with Crippen LogP contribution in [-0.2, 0) is 24.9 Å². The second-order valence-corrected chi connectivity index (χ2v) is 6.51. The number of amides is 1. The normalized spacial score (nSPS) is 16.2. The molecule has 1 aliphatic rings. The Kier molecular flexibility index (Phi) is 4.88. The van der Waals surface area contributed by atoms with Gasteiger partial charge in [-0.05, 0) is 24.3 Å². The van der Waals surface area contributed by atoms with Gasteiger partial charge in [0.15, 0.2) is 0 Å². The zero-order valence-corrected chi connectivity index (χ0v) is 15.0. The second kappa shape index (κ2) is 7.63. The minimum atomic E-state index is -0.0610.